The van der Waals surface area contributed by atoms with Crippen LogP contribution < -0.4 is 0 Å². The Bertz CT molecular complexity index is 488. The quantitative estimate of drug-likeness (QED) is 0.792. The Morgan fingerprint density at radius 1 is 1.33 bits per heavy atom. The number of fused-ring (bicyclic) bond motifs is 1. The van der Waals surface area contributed by atoms with E-state index >= 15 is 0 Å². The third-order valence-corrected chi connectivity index (χ3v) is 1.94. The number of nitrogens with zero attached hydrogens (tertiary/aromatic N) is 3. The summed E-state index contributed by atoms with van der Waals surface area (Å²) >= 11 is 0. The summed E-state index contributed by atoms with van der Waals surface area (Å²) in [5.41, 5.74) is 0.813. The van der Waals surface area contributed by atoms with Crippen LogP contribution in [0.2, 0.25) is 0 Å². The van der Waals surface area contributed by atoms with Crippen LogP contribution in [0.5, 0.6) is 0 Å². The number of rotatable bonds is 1. The summed E-state index contributed by atoms with van der Waals surface area (Å²) in [5, 5.41) is 0. The van der Waals surface area contributed by atoms with E-state index in [1.807, 2.05) is 0 Å². The fraction of sp³-hybridized carbons (Fsp3) is 0.375. The maximum absolute atomic E-state index is 12.4. The summed E-state index contributed by atoms with van der Waals surface area (Å²) in [6, 6.07) is 0. The molecule has 1 N–H and O–H groups in total. The molecule has 0 saturated heterocycles. The molecule has 0 aromatic carbocycles. The predicted molar refractivity (Wildman–Crippen MR) is 46.1 cm³/mol. The lowest BCUT2D eigenvalue weighted by Gasteiger charge is -2.06. The number of imidazole rings is 1. The number of hydrogen-bond acceptors (Lipinski definition) is 3. The Labute approximate surface area is 82.6 Å². The highest BCUT2D eigenvalue weighted by atomic mass is 19.4. The van der Waals surface area contributed by atoms with E-state index in [2.05, 4.69) is 19.9 Å². The van der Waals surface area contributed by atoms with Gasteiger partial charge < -0.3 is 4.98 Å². The van der Waals surface area contributed by atoms with Crippen LogP contribution in [0, 0.1) is 0 Å². The summed E-state index contributed by atoms with van der Waals surface area (Å²) in [7, 11) is 0. The second-order valence-corrected chi connectivity index (χ2v) is 2.94. The third kappa shape index (κ3) is 1.64. The van der Waals surface area contributed by atoms with E-state index in [1.54, 1.807) is 6.92 Å². The first-order valence-electron chi connectivity index (χ1n) is 4.29. The van der Waals surface area contributed by atoms with E-state index in [-0.39, 0.29) is 5.65 Å². The molecule has 0 unspecified atom stereocenters. The van der Waals surface area contributed by atoms with Crippen LogP contribution in [0.25, 0.3) is 11.2 Å². The van der Waals surface area contributed by atoms with Crippen molar-refractivity contribution in [2.75, 3.05) is 0 Å². The standard InChI is InChI=1S/C8H7F3N4/c1-2-4-5-6(13-3-12-5)15-7(14-4)8(9,10)11/h3H,2H2,1H3,(H,12,13,14,15). The summed E-state index contributed by atoms with van der Waals surface area (Å²) < 4.78 is 37.1. The lowest BCUT2D eigenvalue weighted by molar-refractivity contribution is -0.144. The van der Waals surface area contributed by atoms with Crippen LogP contribution in [0.1, 0.15) is 18.4 Å². The maximum atomic E-state index is 12.4. The summed E-state index contributed by atoms with van der Waals surface area (Å²) in [4.78, 5) is 13.2. The van der Waals surface area contributed by atoms with Gasteiger partial charge in [-0.1, -0.05) is 6.92 Å². The zero-order valence-corrected chi connectivity index (χ0v) is 7.76. The number of nitrogens with one attached hydrogen (secondary N) is 1. The lowest BCUT2D eigenvalue weighted by Crippen LogP contribution is -2.12. The SMILES string of the molecule is CCc1nc(C(F)(F)F)nc2[nH]cnc12. The van der Waals surface area contributed by atoms with Gasteiger partial charge in [0, 0.05) is 0 Å². The number of hydrogen-bond donors (Lipinski definition) is 1. The highest BCUT2D eigenvalue weighted by Crippen LogP contribution is 2.27. The highest BCUT2D eigenvalue weighted by Gasteiger charge is 2.35. The Balaban J connectivity index is 2.69. The molecule has 0 saturated carbocycles. The molecule has 2 aromatic rings. The first-order chi connectivity index (χ1) is 7.02. The minimum atomic E-state index is -4.52. The van der Waals surface area contributed by atoms with Crippen molar-refractivity contribution >= 4 is 11.2 Å². The molecule has 4 nitrogen and oxygen atoms in total. The van der Waals surface area contributed by atoms with Crippen molar-refractivity contribution in [2.24, 2.45) is 0 Å². The molecule has 0 atom stereocenters. The molecule has 2 heterocycles. The molecule has 0 aliphatic rings. The molecule has 0 radical (unpaired) electrons. The minimum absolute atomic E-state index is 0.120. The Morgan fingerprint density at radius 2 is 2.07 bits per heavy atom. The number of halogens is 3. The van der Waals surface area contributed by atoms with Crippen molar-refractivity contribution in [1.29, 1.82) is 0 Å². The molecule has 2 rings (SSSR count). The molecule has 0 aliphatic carbocycles. The molecule has 2 aromatic heterocycles. The number of aromatic nitrogens is 4. The zero-order valence-electron chi connectivity index (χ0n) is 7.76. The fourth-order valence-electron chi connectivity index (χ4n) is 1.27. The Hall–Kier alpha value is -1.66. The molecule has 0 spiro atoms. The van der Waals surface area contributed by atoms with Crippen LogP contribution in [0.3, 0.4) is 0 Å². The third-order valence-electron chi connectivity index (χ3n) is 1.94. The molecule has 0 bridgehead atoms. The molecule has 80 valence electrons. The van der Waals surface area contributed by atoms with E-state index in [0.717, 1.165) is 0 Å². The normalized spacial score (nSPS) is 12.3. The largest absolute Gasteiger partial charge is 0.451 e. The second-order valence-electron chi connectivity index (χ2n) is 2.94. The molecular formula is C8H7F3N4. The second kappa shape index (κ2) is 3.18. The van der Waals surface area contributed by atoms with E-state index in [4.69, 9.17) is 0 Å². The van der Waals surface area contributed by atoms with E-state index in [1.165, 1.54) is 6.33 Å². The molecule has 0 fully saturated rings. The van der Waals surface area contributed by atoms with Crippen molar-refractivity contribution in [1.82, 2.24) is 19.9 Å². The van der Waals surface area contributed by atoms with Gasteiger partial charge in [-0.3, -0.25) is 0 Å². The first kappa shape index (κ1) is 9.88. The van der Waals surface area contributed by atoms with Gasteiger partial charge in [-0.15, -0.1) is 0 Å². The Kier molecular flexibility index (Phi) is 2.09. The van der Waals surface area contributed by atoms with E-state index in [0.29, 0.717) is 17.6 Å². The monoisotopic (exact) mass is 216 g/mol. The zero-order chi connectivity index (χ0) is 11.1. The molecule has 7 heteroatoms. The lowest BCUT2D eigenvalue weighted by atomic mass is 10.3. The van der Waals surface area contributed by atoms with E-state index < -0.39 is 12.0 Å². The van der Waals surface area contributed by atoms with Gasteiger partial charge in [0.25, 0.3) is 0 Å². The molecule has 0 aliphatic heterocycles. The van der Waals surface area contributed by atoms with Gasteiger partial charge in [-0.25, -0.2) is 15.0 Å². The minimum Gasteiger partial charge on any atom is -0.329 e. The molecular weight excluding hydrogens is 209 g/mol. The van der Waals surface area contributed by atoms with Gasteiger partial charge in [0.1, 0.15) is 5.52 Å². The number of aromatic amines is 1. The van der Waals surface area contributed by atoms with Crippen molar-refractivity contribution < 1.29 is 13.2 Å². The smallest absolute Gasteiger partial charge is 0.329 e. The van der Waals surface area contributed by atoms with Crippen molar-refractivity contribution in [3.63, 3.8) is 0 Å². The topological polar surface area (TPSA) is 54.5 Å². The average molecular weight is 216 g/mol. The predicted octanol–water partition coefficient (Wildman–Crippen LogP) is 1.93. The summed E-state index contributed by atoms with van der Waals surface area (Å²) in [6.45, 7) is 1.72. The highest BCUT2D eigenvalue weighted by molar-refractivity contribution is 5.72. The first-order valence-corrected chi connectivity index (χ1v) is 4.29. The van der Waals surface area contributed by atoms with Gasteiger partial charge in [-0.2, -0.15) is 13.2 Å². The molecule has 0 amide bonds. The van der Waals surface area contributed by atoms with Gasteiger partial charge in [0.15, 0.2) is 5.65 Å². The molecule has 15 heavy (non-hydrogen) atoms. The van der Waals surface area contributed by atoms with Gasteiger partial charge >= 0.3 is 6.18 Å². The maximum Gasteiger partial charge on any atom is 0.451 e. The van der Waals surface area contributed by atoms with Crippen molar-refractivity contribution in [3.8, 4) is 0 Å². The number of alkyl halides is 3. The van der Waals surface area contributed by atoms with Gasteiger partial charge in [0.2, 0.25) is 5.82 Å². The van der Waals surface area contributed by atoms with Crippen LogP contribution >= 0.6 is 0 Å². The summed E-state index contributed by atoms with van der Waals surface area (Å²) in [5.74, 6) is -1.13. The average Bonchev–Trinajstić information content (AvgIpc) is 2.62. The Morgan fingerprint density at radius 3 is 2.67 bits per heavy atom. The number of H-pyrrole nitrogens is 1. The van der Waals surface area contributed by atoms with Gasteiger partial charge in [0.05, 0.1) is 12.0 Å². The van der Waals surface area contributed by atoms with Crippen LogP contribution in [-0.4, -0.2) is 19.9 Å². The number of aryl methyl sites for hydroxylation is 1. The van der Waals surface area contributed by atoms with Crippen molar-refractivity contribution in [3.05, 3.63) is 17.8 Å². The van der Waals surface area contributed by atoms with Gasteiger partial charge in [-0.05, 0) is 6.42 Å². The van der Waals surface area contributed by atoms with Crippen LogP contribution in [0.15, 0.2) is 6.33 Å². The van der Waals surface area contributed by atoms with E-state index in [9.17, 15) is 13.2 Å². The van der Waals surface area contributed by atoms with Crippen LogP contribution in [0.4, 0.5) is 13.2 Å². The summed E-state index contributed by atoms with van der Waals surface area (Å²) in [6.07, 6.45) is -2.84. The fourth-order valence-corrected chi connectivity index (χ4v) is 1.27. The van der Waals surface area contributed by atoms with Crippen molar-refractivity contribution in [2.45, 2.75) is 19.5 Å². The van der Waals surface area contributed by atoms with Crippen LogP contribution in [-0.2, 0) is 12.6 Å².